The molecule has 0 spiro atoms. The normalized spacial score (nSPS) is 21.2. The maximum atomic E-state index is 13.0. The lowest BCUT2D eigenvalue weighted by molar-refractivity contribution is -0.135. The van der Waals surface area contributed by atoms with Crippen LogP contribution in [0.4, 0.5) is 0 Å². The minimum absolute atomic E-state index is 0.0110. The number of rotatable bonds is 10. The van der Waals surface area contributed by atoms with Gasteiger partial charge in [-0.2, -0.15) is 0 Å². The summed E-state index contributed by atoms with van der Waals surface area (Å²) >= 11 is 0. The second-order valence-electron chi connectivity index (χ2n) is 10.3. The summed E-state index contributed by atoms with van der Waals surface area (Å²) in [5.41, 5.74) is 6.44. The van der Waals surface area contributed by atoms with Crippen LogP contribution in [0, 0.1) is 0 Å². The Balaban J connectivity index is 1.56. The maximum absolute atomic E-state index is 13.0. The molecule has 34 heavy (non-hydrogen) atoms. The molecule has 2 fully saturated rings. The number of aryl methyl sites for hydroxylation is 1. The fourth-order valence-corrected chi connectivity index (χ4v) is 4.17. The Labute approximate surface area is 204 Å². The number of hydrogen-bond donors (Lipinski definition) is 2. The average molecular weight is 473 g/mol. The number of carbonyl (C=O) groups is 2. The summed E-state index contributed by atoms with van der Waals surface area (Å²) in [6.45, 7) is 10.3. The van der Waals surface area contributed by atoms with Crippen LogP contribution in [0.25, 0.3) is 0 Å². The van der Waals surface area contributed by atoms with E-state index >= 15 is 0 Å². The van der Waals surface area contributed by atoms with Gasteiger partial charge in [-0.1, -0.05) is 30.3 Å². The van der Waals surface area contributed by atoms with E-state index in [2.05, 4.69) is 17.4 Å². The van der Waals surface area contributed by atoms with E-state index in [0.717, 1.165) is 12.8 Å². The molecule has 2 heterocycles. The molecule has 3 N–H and O–H groups in total. The van der Waals surface area contributed by atoms with Crippen molar-refractivity contribution < 1.29 is 23.6 Å². The van der Waals surface area contributed by atoms with Gasteiger partial charge in [-0.25, -0.2) is 0 Å². The molecule has 2 atom stereocenters. The summed E-state index contributed by atoms with van der Waals surface area (Å²) in [6.07, 6.45) is 2.99. The third-order valence-corrected chi connectivity index (χ3v) is 7.12. The lowest BCUT2D eigenvalue weighted by Gasteiger charge is -2.32. The quantitative estimate of drug-likeness (QED) is 0.505. The van der Waals surface area contributed by atoms with Crippen LogP contribution in [-0.4, -0.2) is 73.3 Å². The summed E-state index contributed by atoms with van der Waals surface area (Å²) in [5.74, 6) is -0.607. The van der Waals surface area contributed by atoms with Gasteiger partial charge in [0.1, 0.15) is 0 Å². The lowest BCUT2D eigenvalue weighted by Crippen LogP contribution is -2.53. The zero-order valence-electron chi connectivity index (χ0n) is 21.0. The molecule has 188 valence electrons. The van der Waals surface area contributed by atoms with Gasteiger partial charge < -0.3 is 30.0 Å². The Hall–Kier alpha value is -1.94. The highest BCUT2D eigenvalue weighted by molar-refractivity contribution is 6.48. The van der Waals surface area contributed by atoms with Gasteiger partial charge in [0.15, 0.2) is 0 Å². The summed E-state index contributed by atoms with van der Waals surface area (Å²) in [7, 11) is -0.563. The fraction of sp³-hybridized carbons (Fsp3) is 0.680. The van der Waals surface area contributed by atoms with E-state index in [1.807, 2.05) is 45.9 Å². The molecular weight excluding hydrogens is 433 g/mol. The first-order valence-electron chi connectivity index (χ1n) is 12.4. The van der Waals surface area contributed by atoms with E-state index in [9.17, 15) is 9.59 Å². The first-order chi connectivity index (χ1) is 16.1. The molecule has 2 unspecified atom stereocenters. The maximum Gasteiger partial charge on any atom is 0.481 e. The monoisotopic (exact) mass is 473 g/mol. The van der Waals surface area contributed by atoms with Crippen LogP contribution in [0.3, 0.4) is 0 Å². The number of hydrogen-bond acceptors (Lipinski definition) is 6. The zero-order chi connectivity index (χ0) is 24.8. The molecule has 9 heteroatoms. The van der Waals surface area contributed by atoms with Crippen molar-refractivity contribution in [3.8, 4) is 0 Å². The van der Waals surface area contributed by atoms with E-state index in [0.29, 0.717) is 39.1 Å². The van der Waals surface area contributed by atoms with Crippen LogP contribution in [0.2, 0.25) is 0 Å². The van der Waals surface area contributed by atoms with Crippen molar-refractivity contribution in [3.05, 3.63) is 35.9 Å². The van der Waals surface area contributed by atoms with Gasteiger partial charge in [-0.15, -0.1) is 0 Å². The van der Waals surface area contributed by atoms with Gasteiger partial charge in [-0.3, -0.25) is 9.59 Å². The summed E-state index contributed by atoms with van der Waals surface area (Å²) in [6, 6.07) is 9.49. The predicted octanol–water partition coefficient (Wildman–Crippen LogP) is 2.09. The van der Waals surface area contributed by atoms with E-state index in [-0.39, 0.29) is 24.2 Å². The first-order valence-corrected chi connectivity index (χ1v) is 12.4. The van der Waals surface area contributed by atoms with Crippen molar-refractivity contribution in [2.75, 3.05) is 26.3 Å². The van der Waals surface area contributed by atoms with Crippen molar-refractivity contribution in [1.82, 2.24) is 10.2 Å². The van der Waals surface area contributed by atoms with Crippen LogP contribution in [-0.2, 0) is 30.1 Å². The van der Waals surface area contributed by atoms with Crippen LogP contribution >= 0.6 is 0 Å². The minimum Gasteiger partial charge on any atom is -0.402 e. The summed E-state index contributed by atoms with van der Waals surface area (Å²) in [5, 5.41) is 3.06. The molecule has 1 aromatic rings. The summed E-state index contributed by atoms with van der Waals surface area (Å²) < 4.78 is 17.8. The average Bonchev–Trinajstić information content (AvgIpc) is 3.04. The molecule has 0 bridgehead atoms. The zero-order valence-corrected chi connectivity index (χ0v) is 21.0. The van der Waals surface area contributed by atoms with Crippen molar-refractivity contribution in [2.24, 2.45) is 5.73 Å². The van der Waals surface area contributed by atoms with E-state index in [1.54, 1.807) is 4.90 Å². The molecule has 2 aliphatic heterocycles. The first kappa shape index (κ1) is 26.7. The van der Waals surface area contributed by atoms with E-state index in [1.165, 1.54) is 5.56 Å². The van der Waals surface area contributed by atoms with Gasteiger partial charge >= 0.3 is 7.12 Å². The second kappa shape index (κ2) is 11.7. The molecule has 3 rings (SSSR count). The van der Waals surface area contributed by atoms with Crippen LogP contribution in [0.1, 0.15) is 58.9 Å². The van der Waals surface area contributed by atoms with Crippen molar-refractivity contribution in [3.63, 3.8) is 0 Å². The largest absolute Gasteiger partial charge is 0.481 e. The van der Waals surface area contributed by atoms with Crippen LogP contribution in [0.15, 0.2) is 30.3 Å². The number of amides is 2. The molecule has 1 aromatic carbocycles. The van der Waals surface area contributed by atoms with Gasteiger partial charge in [0.05, 0.1) is 36.4 Å². The number of morpholine rings is 1. The highest BCUT2D eigenvalue weighted by atomic mass is 16.7. The third kappa shape index (κ3) is 7.04. The highest BCUT2D eigenvalue weighted by Gasteiger charge is 2.54. The van der Waals surface area contributed by atoms with Crippen molar-refractivity contribution in [1.29, 1.82) is 0 Å². The fourth-order valence-electron chi connectivity index (χ4n) is 4.17. The molecule has 2 saturated heterocycles. The standard InChI is InChI=1S/C25H40BN3O5/c1-24(2)25(3,4)34-26(33-24)21(12-8-11-19-9-6-5-7-10-19)28-23(31)20(27)13-14-22(30)29-15-17-32-18-16-29/h5-7,9-10,20-21H,8,11-18,27H2,1-4H3,(H,28,31). The summed E-state index contributed by atoms with van der Waals surface area (Å²) in [4.78, 5) is 27.2. The lowest BCUT2D eigenvalue weighted by atomic mass is 9.75. The number of nitrogens with zero attached hydrogens (tertiary/aromatic N) is 1. The number of benzene rings is 1. The molecule has 8 nitrogen and oxygen atoms in total. The molecule has 0 aliphatic carbocycles. The molecular formula is C25H40BN3O5. The van der Waals surface area contributed by atoms with Gasteiger partial charge in [-0.05, 0) is 58.9 Å². The highest BCUT2D eigenvalue weighted by Crippen LogP contribution is 2.38. The number of carbonyl (C=O) groups excluding carboxylic acids is 2. The number of nitrogens with one attached hydrogen (secondary N) is 1. The number of nitrogens with two attached hydrogens (primary N) is 1. The number of ether oxygens (including phenoxy) is 1. The Morgan fingerprint density at radius 2 is 1.68 bits per heavy atom. The molecule has 0 saturated carbocycles. The molecule has 2 aliphatic rings. The Morgan fingerprint density at radius 1 is 1.06 bits per heavy atom. The SMILES string of the molecule is CC1(C)OB(C(CCCc2ccccc2)NC(=O)C(N)CCC(=O)N2CCOCC2)OC1(C)C. The van der Waals surface area contributed by atoms with Crippen molar-refractivity contribution in [2.45, 2.75) is 83.0 Å². The van der Waals surface area contributed by atoms with Gasteiger partial charge in [0.25, 0.3) is 0 Å². The Kier molecular flexibility index (Phi) is 9.15. The third-order valence-electron chi connectivity index (χ3n) is 7.12. The van der Waals surface area contributed by atoms with E-state index in [4.69, 9.17) is 19.8 Å². The van der Waals surface area contributed by atoms with Crippen LogP contribution in [0.5, 0.6) is 0 Å². The molecule has 0 radical (unpaired) electrons. The van der Waals surface area contributed by atoms with E-state index < -0.39 is 24.4 Å². The van der Waals surface area contributed by atoms with Gasteiger partial charge in [0.2, 0.25) is 11.8 Å². The Morgan fingerprint density at radius 3 is 2.29 bits per heavy atom. The smallest absolute Gasteiger partial charge is 0.402 e. The van der Waals surface area contributed by atoms with Gasteiger partial charge in [0, 0.05) is 19.5 Å². The second-order valence-corrected chi connectivity index (χ2v) is 10.3. The van der Waals surface area contributed by atoms with Crippen molar-refractivity contribution >= 4 is 18.9 Å². The topological polar surface area (TPSA) is 103 Å². The Bertz CT molecular complexity index is 798. The minimum atomic E-state index is -0.774. The van der Waals surface area contributed by atoms with Crippen LogP contribution < -0.4 is 11.1 Å². The molecule has 2 amide bonds. The predicted molar refractivity (Wildman–Crippen MR) is 132 cm³/mol. The molecule has 0 aromatic heterocycles.